The van der Waals surface area contributed by atoms with Crippen LogP contribution in [0.5, 0.6) is 5.75 Å². The molecule has 3 nitrogen and oxygen atoms in total. The lowest BCUT2D eigenvalue weighted by Crippen LogP contribution is -2.20. The summed E-state index contributed by atoms with van der Waals surface area (Å²) in [7, 11) is 0. The van der Waals surface area contributed by atoms with Crippen molar-refractivity contribution in [3.8, 4) is 5.75 Å². The lowest BCUT2D eigenvalue weighted by molar-refractivity contribution is -0.118. The van der Waals surface area contributed by atoms with Crippen molar-refractivity contribution >= 4 is 45.9 Å². The van der Waals surface area contributed by atoms with Crippen LogP contribution in [0.2, 0.25) is 0 Å². The second kappa shape index (κ2) is 7.54. The SMILES string of the molecule is CSc1ccccc1NC(=O)COc1ccc(I)cc1. The molecule has 2 aromatic rings. The van der Waals surface area contributed by atoms with Crippen LogP contribution in [0.1, 0.15) is 0 Å². The molecule has 0 radical (unpaired) electrons. The third-order valence-corrected chi connectivity index (χ3v) is 4.08. The Morgan fingerprint density at radius 2 is 1.90 bits per heavy atom. The van der Waals surface area contributed by atoms with Crippen LogP contribution in [0, 0.1) is 3.57 Å². The molecule has 5 heteroatoms. The van der Waals surface area contributed by atoms with Crippen molar-refractivity contribution in [2.45, 2.75) is 4.90 Å². The lowest BCUT2D eigenvalue weighted by atomic mass is 10.3. The first-order chi connectivity index (χ1) is 9.69. The molecule has 1 N–H and O–H groups in total. The molecule has 2 rings (SSSR count). The Labute approximate surface area is 136 Å². The molecule has 0 saturated heterocycles. The van der Waals surface area contributed by atoms with E-state index in [1.807, 2.05) is 54.8 Å². The first-order valence-electron chi connectivity index (χ1n) is 6.00. The van der Waals surface area contributed by atoms with Crippen molar-refractivity contribution in [1.82, 2.24) is 0 Å². The molecule has 2 aromatic carbocycles. The van der Waals surface area contributed by atoms with Crippen LogP contribution in [0.25, 0.3) is 0 Å². The fourth-order valence-electron chi connectivity index (χ4n) is 1.61. The van der Waals surface area contributed by atoms with Crippen LogP contribution >= 0.6 is 34.4 Å². The summed E-state index contributed by atoms with van der Waals surface area (Å²) in [6, 6.07) is 15.3. The predicted octanol–water partition coefficient (Wildman–Crippen LogP) is 4.03. The highest BCUT2D eigenvalue weighted by Gasteiger charge is 2.06. The van der Waals surface area contributed by atoms with Crippen LogP contribution in [0.15, 0.2) is 53.4 Å². The Balaban J connectivity index is 1.91. The van der Waals surface area contributed by atoms with Gasteiger partial charge in [-0.2, -0.15) is 0 Å². The number of hydrogen-bond donors (Lipinski definition) is 1. The molecular formula is C15H14INO2S. The number of rotatable bonds is 5. The number of thioether (sulfide) groups is 1. The minimum atomic E-state index is -0.162. The van der Waals surface area contributed by atoms with Gasteiger partial charge in [0.25, 0.3) is 5.91 Å². The Morgan fingerprint density at radius 3 is 2.60 bits per heavy atom. The third-order valence-electron chi connectivity index (χ3n) is 2.56. The maximum Gasteiger partial charge on any atom is 0.262 e. The number of para-hydroxylation sites is 1. The van der Waals surface area contributed by atoms with E-state index >= 15 is 0 Å². The number of carbonyl (C=O) groups is 1. The third kappa shape index (κ3) is 4.42. The normalized spacial score (nSPS) is 10.1. The topological polar surface area (TPSA) is 38.3 Å². The summed E-state index contributed by atoms with van der Waals surface area (Å²) in [5.41, 5.74) is 0.816. The summed E-state index contributed by atoms with van der Waals surface area (Å²) in [5.74, 6) is 0.531. The van der Waals surface area contributed by atoms with Gasteiger partial charge >= 0.3 is 0 Å². The zero-order valence-corrected chi connectivity index (χ0v) is 13.9. The van der Waals surface area contributed by atoms with Crippen molar-refractivity contribution in [1.29, 1.82) is 0 Å². The van der Waals surface area contributed by atoms with E-state index in [4.69, 9.17) is 4.74 Å². The fraction of sp³-hybridized carbons (Fsp3) is 0.133. The molecule has 0 aromatic heterocycles. The first kappa shape index (κ1) is 15.2. The molecule has 0 aliphatic rings. The number of nitrogens with one attached hydrogen (secondary N) is 1. The Hall–Kier alpha value is -1.21. The van der Waals surface area contributed by atoms with Crippen molar-refractivity contribution in [3.05, 3.63) is 52.1 Å². The summed E-state index contributed by atoms with van der Waals surface area (Å²) < 4.78 is 6.58. The molecule has 1 amide bonds. The number of benzene rings is 2. The van der Waals surface area contributed by atoms with Gasteiger partial charge in [0.1, 0.15) is 5.75 Å². The van der Waals surface area contributed by atoms with Gasteiger partial charge in [0, 0.05) is 8.47 Å². The summed E-state index contributed by atoms with van der Waals surface area (Å²) >= 11 is 3.82. The molecule has 0 aliphatic carbocycles. The van der Waals surface area contributed by atoms with Crippen molar-refractivity contribution in [3.63, 3.8) is 0 Å². The minimum absolute atomic E-state index is 0.00328. The molecule has 0 spiro atoms. The van der Waals surface area contributed by atoms with E-state index < -0.39 is 0 Å². The van der Waals surface area contributed by atoms with Crippen LogP contribution in [-0.2, 0) is 4.79 Å². The van der Waals surface area contributed by atoms with Gasteiger partial charge in [-0.15, -0.1) is 11.8 Å². The highest BCUT2D eigenvalue weighted by Crippen LogP contribution is 2.24. The number of ether oxygens (including phenoxy) is 1. The number of carbonyl (C=O) groups excluding carboxylic acids is 1. The molecule has 20 heavy (non-hydrogen) atoms. The van der Waals surface area contributed by atoms with E-state index in [9.17, 15) is 4.79 Å². The van der Waals surface area contributed by atoms with Crippen molar-refractivity contribution < 1.29 is 9.53 Å². The lowest BCUT2D eigenvalue weighted by Gasteiger charge is -2.10. The van der Waals surface area contributed by atoms with Crippen molar-refractivity contribution in [2.75, 3.05) is 18.2 Å². The molecule has 104 valence electrons. The van der Waals surface area contributed by atoms with E-state index in [1.54, 1.807) is 11.8 Å². The number of anilines is 1. The van der Waals surface area contributed by atoms with E-state index in [-0.39, 0.29) is 12.5 Å². The van der Waals surface area contributed by atoms with Gasteiger partial charge in [-0.1, -0.05) is 12.1 Å². The minimum Gasteiger partial charge on any atom is -0.484 e. The van der Waals surface area contributed by atoms with E-state index in [0.717, 1.165) is 14.2 Å². The molecule has 0 aliphatic heterocycles. The average Bonchev–Trinajstić information content (AvgIpc) is 2.47. The van der Waals surface area contributed by atoms with Gasteiger partial charge < -0.3 is 10.1 Å². The predicted molar refractivity (Wildman–Crippen MR) is 91.5 cm³/mol. The van der Waals surface area contributed by atoms with Crippen molar-refractivity contribution in [2.24, 2.45) is 0 Å². The molecule has 0 unspecified atom stereocenters. The quantitative estimate of drug-likeness (QED) is 0.610. The van der Waals surface area contributed by atoms with Crippen LogP contribution in [0.3, 0.4) is 0 Å². The first-order valence-corrected chi connectivity index (χ1v) is 8.30. The second-order valence-electron chi connectivity index (χ2n) is 3.99. The molecule has 0 atom stereocenters. The van der Waals surface area contributed by atoms with E-state index in [1.165, 1.54) is 0 Å². The molecule has 0 saturated carbocycles. The highest BCUT2D eigenvalue weighted by atomic mass is 127. The zero-order valence-electron chi connectivity index (χ0n) is 10.9. The Bertz CT molecular complexity index is 587. The molecular weight excluding hydrogens is 385 g/mol. The average molecular weight is 399 g/mol. The van der Waals surface area contributed by atoms with Crippen LogP contribution in [-0.4, -0.2) is 18.8 Å². The zero-order chi connectivity index (χ0) is 14.4. The van der Waals surface area contributed by atoms with Crippen LogP contribution in [0.4, 0.5) is 5.69 Å². The van der Waals surface area contributed by atoms with Gasteiger partial charge in [0.05, 0.1) is 5.69 Å². The fourth-order valence-corrected chi connectivity index (χ4v) is 2.53. The monoisotopic (exact) mass is 399 g/mol. The number of halogens is 1. The summed E-state index contributed by atoms with van der Waals surface area (Å²) in [5, 5.41) is 2.86. The van der Waals surface area contributed by atoms with Gasteiger partial charge in [0.15, 0.2) is 6.61 Å². The standard InChI is InChI=1S/C15H14INO2S/c1-20-14-5-3-2-4-13(14)17-15(18)10-19-12-8-6-11(16)7-9-12/h2-9H,10H2,1H3,(H,17,18). The second-order valence-corrected chi connectivity index (χ2v) is 6.08. The van der Waals surface area contributed by atoms with E-state index in [0.29, 0.717) is 5.75 Å². The Morgan fingerprint density at radius 1 is 1.20 bits per heavy atom. The maximum absolute atomic E-state index is 11.9. The maximum atomic E-state index is 11.9. The summed E-state index contributed by atoms with van der Waals surface area (Å²) in [4.78, 5) is 12.9. The van der Waals surface area contributed by atoms with E-state index in [2.05, 4.69) is 27.9 Å². The molecule has 0 fully saturated rings. The Kier molecular flexibility index (Phi) is 5.72. The molecule has 0 bridgehead atoms. The van der Waals surface area contributed by atoms with Gasteiger partial charge in [-0.05, 0) is 65.2 Å². The smallest absolute Gasteiger partial charge is 0.262 e. The largest absolute Gasteiger partial charge is 0.484 e. The number of hydrogen-bond acceptors (Lipinski definition) is 3. The summed E-state index contributed by atoms with van der Waals surface area (Å²) in [6.07, 6.45) is 1.98. The van der Waals surface area contributed by atoms with Gasteiger partial charge in [-0.3, -0.25) is 4.79 Å². The number of amides is 1. The van der Waals surface area contributed by atoms with Gasteiger partial charge in [0.2, 0.25) is 0 Å². The van der Waals surface area contributed by atoms with Crippen LogP contribution < -0.4 is 10.1 Å². The highest BCUT2D eigenvalue weighted by molar-refractivity contribution is 14.1. The summed E-state index contributed by atoms with van der Waals surface area (Å²) in [6.45, 7) is 0.00328. The van der Waals surface area contributed by atoms with Gasteiger partial charge in [-0.25, -0.2) is 0 Å². The molecule has 0 heterocycles.